The summed E-state index contributed by atoms with van der Waals surface area (Å²) in [4.78, 5) is 12.3. The number of hydrogen-bond acceptors (Lipinski definition) is 2. The smallest absolute Gasteiger partial charge is 0.271 e. The molecule has 0 saturated heterocycles. The number of aromatic nitrogens is 1. The molecular weight excluding hydrogens is 417 g/mol. The van der Waals surface area contributed by atoms with Gasteiger partial charge in [-0.05, 0) is 48.9 Å². The average Bonchev–Trinajstić information content (AvgIpc) is 3.01. The summed E-state index contributed by atoms with van der Waals surface area (Å²) in [7, 11) is 0. The minimum Gasteiger partial charge on any atom is -0.340 e. The number of nitrogens with zero attached hydrogens (tertiary/aromatic N) is 2. The molecule has 0 unspecified atom stereocenters. The minimum absolute atomic E-state index is 0.291. The Morgan fingerprint density at radius 2 is 1.70 bits per heavy atom. The Morgan fingerprint density at radius 1 is 1.00 bits per heavy atom. The van der Waals surface area contributed by atoms with E-state index in [4.69, 9.17) is 23.2 Å². The van der Waals surface area contributed by atoms with Crippen LogP contribution < -0.4 is 5.43 Å². The zero-order valence-electron chi connectivity index (χ0n) is 16.3. The molecule has 0 aliphatic rings. The van der Waals surface area contributed by atoms with E-state index in [0.717, 1.165) is 32.7 Å². The van der Waals surface area contributed by atoms with Gasteiger partial charge in [-0.15, -0.1) is 0 Å². The fraction of sp³-hybridized carbons (Fsp3) is 0.0833. The van der Waals surface area contributed by atoms with E-state index in [-0.39, 0.29) is 5.91 Å². The van der Waals surface area contributed by atoms with Crippen LogP contribution in [0.4, 0.5) is 0 Å². The fourth-order valence-corrected chi connectivity index (χ4v) is 3.76. The highest BCUT2D eigenvalue weighted by atomic mass is 35.5. The fourth-order valence-electron chi connectivity index (χ4n) is 3.44. The molecule has 4 nitrogen and oxygen atoms in total. The molecule has 0 fully saturated rings. The maximum Gasteiger partial charge on any atom is 0.271 e. The van der Waals surface area contributed by atoms with Crippen molar-refractivity contribution in [1.82, 2.24) is 9.99 Å². The number of para-hydroxylation sites is 1. The molecule has 0 spiro atoms. The minimum atomic E-state index is -0.291. The van der Waals surface area contributed by atoms with E-state index < -0.39 is 0 Å². The second-order valence-electron chi connectivity index (χ2n) is 6.90. The summed E-state index contributed by atoms with van der Waals surface area (Å²) in [6.07, 6.45) is 1.69. The third kappa shape index (κ3) is 4.11. The Morgan fingerprint density at radius 3 is 2.47 bits per heavy atom. The molecular formula is C24H19Cl2N3O. The molecule has 1 N–H and O–H groups in total. The van der Waals surface area contributed by atoms with E-state index in [1.807, 2.05) is 49.4 Å². The molecule has 0 saturated carbocycles. The molecule has 3 aromatic carbocycles. The average molecular weight is 436 g/mol. The van der Waals surface area contributed by atoms with Crippen molar-refractivity contribution in [2.75, 3.05) is 0 Å². The molecule has 0 aliphatic heterocycles. The summed E-state index contributed by atoms with van der Waals surface area (Å²) in [5.74, 6) is -0.291. The number of benzene rings is 3. The SMILES string of the molecule is Cc1c(/C=N\NC(=O)c2ccc(Cl)cc2)c2ccccc2n1Cc1ccccc1Cl. The first kappa shape index (κ1) is 20.2. The van der Waals surface area contributed by atoms with Gasteiger partial charge in [-0.2, -0.15) is 5.10 Å². The Hall–Kier alpha value is -3.08. The van der Waals surface area contributed by atoms with Gasteiger partial charge in [-0.25, -0.2) is 5.43 Å². The monoisotopic (exact) mass is 435 g/mol. The van der Waals surface area contributed by atoms with Gasteiger partial charge >= 0.3 is 0 Å². The van der Waals surface area contributed by atoms with Crippen LogP contribution in [0.2, 0.25) is 10.0 Å². The van der Waals surface area contributed by atoms with E-state index in [9.17, 15) is 4.79 Å². The lowest BCUT2D eigenvalue weighted by Gasteiger charge is -2.10. The highest BCUT2D eigenvalue weighted by molar-refractivity contribution is 6.31. The lowest BCUT2D eigenvalue weighted by atomic mass is 10.1. The standard InChI is InChI=1S/C24H19Cl2N3O/c1-16-21(14-27-28-24(30)17-10-12-19(25)13-11-17)20-7-3-5-9-23(20)29(16)15-18-6-2-4-8-22(18)26/h2-14H,15H2,1H3,(H,28,30)/b27-14-. The molecule has 1 heterocycles. The molecule has 1 amide bonds. The van der Waals surface area contributed by atoms with Crippen LogP contribution in [0.25, 0.3) is 10.9 Å². The molecule has 0 atom stereocenters. The number of amides is 1. The van der Waals surface area contributed by atoms with Gasteiger partial charge < -0.3 is 4.57 Å². The van der Waals surface area contributed by atoms with Crippen LogP contribution in [-0.4, -0.2) is 16.7 Å². The third-order valence-corrected chi connectivity index (χ3v) is 5.65. The van der Waals surface area contributed by atoms with Crippen LogP contribution in [0.1, 0.15) is 27.2 Å². The number of hydrazone groups is 1. The number of hydrogen-bond donors (Lipinski definition) is 1. The third-order valence-electron chi connectivity index (χ3n) is 5.03. The molecule has 0 bridgehead atoms. The first-order valence-corrected chi connectivity index (χ1v) is 10.2. The van der Waals surface area contributed by atoms with E-state index in [0.29, 0.717) is 17.1 Å². The van der Waals surface area contributed by atoms with Crippen molar-refractivity contribution in [3.8, 4) is 0 Å². The second-order valence-corrected chi connectivity index (χ2v) is 7.74. The van der Waals surface area contributed by atoms with Crippen LogP contribution in [0.15, 0.2) is 77.9 Å². The second kappa shape index (κ2) is 8.74. The van der Waals surface area contributed by atoms with Crippen LogP contribution in [0.3, 0.4) is 0 Å². The molecule has 6 heteroatoms. The predicted octanol–water partition coefficient (Wildman–Crippen LogP) is 6.07. The highest BCUT2D eigenvalue weighted by Crippen LogP contribution is 2.27. The van der Waals surface area contributed by atoms with Crippen molar-refractivity contribution in [1.29, 1.82) is 0 Å². The van der Waals surface area contributed by atoms with E-state index >= 15 is 0 Å². The Labute approximate surface area is 184 Å². The van der Waals surface area contributed by atoms with Crippen molar-refractivity contribution in [2.24, 2.45) is 5.10 Å². The molecule has 1 aromatic heterocycles. The van der Waals surface area contributed by atoms with Gasteiger partial charge in [-0.1, -0.05) is 59.6 Å². The van der Waals surface area contributed by atoms with Gasteiger partial charge in [0.1, 0.15) is 0 Å². The van der Waals surface area contributed by atoms with Gasteiger partial charge in [0.2, 0.25) is 0 Å². The van der Waals surface area contributed by atoms with Crippen LogP contribution in [0, 0.1) is 6.92 Å². The summed E-state index contributed by atoms with van der Waals surface area (Å²) in [6.45, 7) is 2.69. The summed E-state index contributed by atoms with van der Waals surface area (Å²) < 4.78 is 2.21. The quantitative estimate of drug-likeness (QED) is 0.300. The topological polar surface area (TPSA) is 46.4 Å². The van der Waals surface area contributed by atoms with Gasteiger partial charge in [-0.3, -0.25) is 4.79 Å². The molecule has 0 radical (unpaired) electrons. The van der Waals surface area contributed by atoms with Crippen LogP contribution >= 0.6 is 23.2 Å². The summed E-state index contributed by atoms with van der Waals surface area (Å²) in [5.41, 5.74) is 7.20. The Bertz CT molecular complexity index is 1240. The summed E-state index contributed by atoms with van der Waals surface area (Å²) in [6, 6.07) is 22.6. The summed E-state index contributed by atoms with van der Waals surface area (Å²) in [5, 5.41) is 6.57. The maximum atomic E-state index is 12.3. The van der Waals surface area contributed by atoms with E-state index in [1.54, 1.807) is 30.5 Å². The number of halogens is 2. The largest absolute Gasteiger partial charge is 0.340 e. The zero-order valence-corrected chi connectivity index (χ0v) is 17.8. The van der Waals surface area contributed by atoms with Crippen molar-refractivity contribution in [3.63, 3.8) is 0 Å². The Kier molecular flexibility index (Phi) is 5.88. The van der Waals surface area contributed by atoms with Crippen molar-refractivity contribution in [3.05, 3.63) is 105 Å². The number of fused-ring (bicyclic) bond motifs is 1. The lowest BCUT2D eigenvalue weighted by Crippen LogP contribution is -2.17. The maximum absolute atomic E-state index is 12.3. The van der Waals surface area contributed by atoms with E-state index in [2.05, 4.69) is 21.2 Å². The van der Waals surface area contributed by atoms with Gasteiger partial charge in [0.15, 0.2) is 0 Å². The molecule has 30 heavy (non-hydrogen) atoms. The van der Waals surface area contributed by atoms with Gasteiger partial charge in [0.25, 0.3) is 5.91 Å². The number of carbonyl (C=O) groups excluding carboxylic acids is 1. The zero-order chi connectivity index (χ0) is 21.1. The van der Waals surface area contributed by atoms with E-state index in [1.165, 1.54) is 0 Å². The first-order valence-electron chi connectivity index (χ1n) is 9.45. The number of nitrogens with one attached hydrogen (secondary N) is 1. The van der Waals surface area contributed by atoms with Crippen molar-refractivity contribution < 1.29 is 4.79 Å². The van der Waals surface area contributed by atoms with Crippen LogP contribution in [0.5, 0.6) is 0 Å². The van der Waals surface area contributed by atoms with Gasteiger partial charge in [0, 0.05) is 44.3 Å². The van der Waals surface area contributed by atoms with Crippen LogP contribution in [-0.2, 0) is 6.54 Å². The van der Waals surface area contributed by atoms with Gasteiger partial charge in [0.05, 0.1) is 6.21 Å². The lowest BCUT2D eigenvalue weighted by molar-refractivity contribution is 0.0955. The summed E-state index contributed by atoms with van der Waals surface area (Å²) >= 11 is 12.2. The molecule has 4 rings (SSSR count). The number of carbonyl (C=O) groups is 1. The van der Waals surface area contributed by atoms with Crippen molar-refractivity contribution in [2.45, 2.75) is 13.5 Å². The molecule has 0 aliphatic carbocycles. The Balaban J connectivity index is 1.63. The van der Waals surface area contributed by atoms with Crippen molar-refractivity contribution >= 4 is 46.2 Å². The number of rotatable bonds is 5. The first-order chi connectivity index (χ1) is 14.5. The predicted molar refractivity (Wildman–Crippen MR) is 124 cm³/mol. The highest BCUT2D eigenvalue weighted by Gasteiger charge is 2.14. The molecule has 150 valence electrons. The normalized spacial score (nSPS) is 11.3. The molecule has 4 aromatic rings.